The van der Waals surface area contributed by atoms with Crippen molar-refractivity contribution in [1.29, 1.82) is 0 Å². The first-order valence-electron chi connectivity index (χ1n) is 11.5. The number of carbonyl (C=O) groups excluding carboxylic acids is 2. The predicted molar refractivity (Wildman–Crippen MR) is 127 cm³/mol. The van der Waals surface area contributed by atoms with Crippen LogP contribution in [0, 0.1) is 0 Å². The van der Waals surface area contributed by atoms with Crippen molar-refractivity contribution in [2.45, 2.75) is 104 Å². The molecule has 6 heteroatoms. The first kappa shape index (κ1) is 27.6. The number of nitrogens with one attached hydrogen (secondary N) is 2. The number of hydrogen-bond acceptors (Lipinski definition) is 4. The van der Waals surface area contributed by atoms with Crippen LogP contribution in [0.5, 0.6) is 0 Å². The summed E-state index contributed by atoms with van der Waals surface area (Å²) >= 11 is 0. The largest absolute Gasteiger partial charge is 0.338 e. The lowest BCUT2D eigenvalue weighted by Crippen LogP contribution is -2.36. The molecule has 0 aromatic carbocycles. The molecular formula is C22H44N2O2S2. The lowest BCUT2D eigenvalue weighted by atomic mass is 10.0. The Balaban J connectivity index is 3.20. The molecule has 0 aliphatic carbocycles. The van der Waals surface area contributed by atoms with Crippen LogP contribution in [0.4, 0.5) is 4.79 Å². The summed E-state index contributed by atoms with van der Waals surface area (Å²) in [7, 11) is 3.56. The lowest BCUT2D eigenvalue weighted by molar-refractivity contribution is -0.119. The molecule has 0 saturated heterocycles. The van der Waals surface area contributed by atoms with E-state index in [-0.39, 0.29) is 6.03 Å². The molecule has 0 aliphatic rings. The summed E-state index contributed by atoms with van der Waals surface area (Å²) in [6, 6.07) is -0.0962. The molecular weight excluding hydrogens is 388 g/mol. The minimum absolute atomic E-state index is 0.0962. The number of urea groups is 1. The van der Waals surface area contributed by atoms with Gasteiger partial charge in [0.1, 0.15) is 5.78 Å². The van der Waals surface area contributed by atoms with Gasteiger partial charge in [-0.15, -0.1) is 0 Å². The summed E-state index contributed by atoms with van der Waals surface area (Å²) in [5.41, 5.74) is 0. The molecule has 0 heterocycles. The monoisotopic (exact) mass is 432 g/mol. The van der Waals surface area contributed by atoms with Crippen LogP contribution in [0.15, 0.2) is 0 Å². The van der Waals surface area contributed by atoms with E-state index >= 15 is 0 Å². The summed E-state index contributed by atoms with van der Waals surface area (Å²) in [5, 5.41) is 5.52. The Bertz CT molecular complexity index is 368. The normalized spacial score (nSPS) is 10.8. The maximum atomic E-state index is 11.9. The van der Waals surface area contributed by atoms with E-state index < -0.39 is 0 Å². The fourth-order valence-electron chi connectivity index (χ4n) is 2.99. The maximum absolute atomic E-state index is 11.9. The van der Waals surface area contributed by atoms with Crippen molar-refractivity contribution in [3.63, 3.8) is 0 Å². The van der Waals surface area contributed by atoms with Gasteiger partial charge in [0, 0.05) is 37.4 Å². The van der Waals surface area contributed by atoms with Crippen LogP contribution < -0.4 is 10.6 Å². The first-order chi connectivity index (χ1) is 13.7. The van der Waals surface area contributed by atoms with Crippen molar-refractivity contribution in [3.8, 4) is 0 Å². The Hall–Kier alpha value is -0.360. The topological polar surface area (TPSA) is 58.2 Å². The van der Waals surface area contributed by atoms with E-state index in [1.165, 1.54) is 64.2 Å². The molecule has 0 atom stereocenters. The number of rotatable bonds is 21. The summed E-state index contributed by atoms with van der Waals surface area (Å²) in [6.45, 7) is 5.51. The van der Waals surface area contributed by atoms with E-state index in [0.29, 0.717) is 18.9 Å². The van der Waals surface area contributed by atoms with E-state index in [9.17, 15) is 9.59 Å². The van der Waals surface area contributed by atoms with E-state index in [2.05, 4.69) is 17.6 Å². The Labute approximate surface area is 181 Å². The maximum Gasteiger partial charge on any atom is 0.314 e. The number of amides is 2. The molecule has 0 aromatic rings. The molecule has 4 nitrogen and oxygen atoms in total. The van der Waals surface area contributed by atoms with Crippen LogP contribution >= 0.6 is 21.6 Å². The van der Waals surface area contributed by atoms with Crippen LogP contribution in [-0.2, 0) is 4.79 Å². The molecule has 2 amide bonds. The van der Waals surface area contributed by atoms with Gasteiger partial charge >= 0.3 is 6.03 Å². The molecule has 0 aliphatic heterocycles. The quantitative estimate of drug-likeness (QED) is 0.156. The number of hydrogen-bond donors (Lipinski definition) is 2. The van der Waals surface area contributed by atoms with Crippen LogP contribution in [0.25, 0.3) is 0 Å². The van der Waals surface area contributed by atoms with Crippen molar-refractivity contribution in [1.82, 2.24) is 10.6 Å². The highest BCUT2D eigenvalue weighted by Gasteiger charge is 2.02. The van der Waals surface area contributed by atoms with E-state index in [0.717, 1.165) is 37.2 Å². The molecule has 0 saturated carbocycles. The predicted octanol–water partition coefficient (Wildman–Crippen LogP) is 6.74. The van der Waals surface area contributed by atoms with E-state index in [1.54, 1.807) is 21.6 Å². The Kier molecular flexibility index (Phi) is 22.6. The van der Waals surface area contributed by atoms with Gasteiger partial charge in [0.15, 0.2) is 0 Å². The molecule has 0 bridgehead atoms. The second kappa shape index (κ2) is 22.9. The number of ketones is 1. The summed E-state index contributed by atoms with van der Waals surface area (Å²) in [6.07, 6.45) is 17.1. The fourth-order valence-corrected chi connectivity index (χ4v) is 4.98. The minimum Gasteiger partial charge on any atom is -0.338 e. The molecule has 0 fully saturated rings. The Morgan fingerprint density at radius 2 is 1.18 bits per heavy atom. The van der Waals surface area contributed by atoms with Crippen LogP contribution in [0.2, 0.25) is 0 Å². The van der Waals surface area contributed by atoms with Gasteiger partial charge in [0.05, 0.1) is 0 Å². The summed E-state index contributed by atoms with van der Waals surface area (Å²) in [4.78, 5) is 23.1. The highest BCUT2D eigenvalue weighted by molar-refractivity contribution is 8.76. The van der Waals surface area contributed by atoms with Gasteiger partial charge in [0.2, 0.25) is 0 Å². The highest BCUT2D eigenvalue weighted by atomic mass is 33.1. The third-order valence-electron chi connectivity index (χ3n) is 4.63. The summed E-state index contributed by atoms with van der Waals surface area (Å²) < 4.78 is 0. The van der Waals surface area contributed by atoms with E-state index in [4.69, 9.17) is 0 Å². The molecule has 2 N–H and O–H groups in total. The average Bonchev–Trinajstić information content (AvgIpc) is 2.68. The molecule has 28 heavy (non-hydrogen) atoms. The lowest BCUT2D eigenvalue weighted by Gasteiger charge is -2.05. The zero-order valence-electron chi connectivity index (χ0n) is 18.4. The SMILES string of the molecule is CCCCCCCCCCCCCC(=O)CCCSSCCNC(=O)NCC. The zero-order valence-corrected chi connectivity index (χ0v) is 20.0. The third kappa shape index (κ3) is 21.9. The molecule has 0 rings (SSSR count). The smallest absolute Gasteiger partial charge is 0.314 e. The first-order valence-corrected chi connectivity index (χ1v) is 14.0. The standard InChI is InChI=1S/C22H44N2O2S2/c1-3-5-6-7-8-9-10-11-12-13-14-16-21(25)17-15-19-27-28-20-18-24-22(26)23-4-2/h3-20H2,1-2H3,(H2,23,24,26). The van der Waals surface area contributed by atoms with Crippen molar-refractivity contribution in [2.75, 3.05) is 24.6 Å². The van der Waals surface area contributed by atoms with Crippen LogP contribution in [0.3, 0.4) is 0 Å². The minimum atomic E-state index is -0.0962. The molecule has 0 spiro atoms. The van der Waals surface area contributed by atoms with Crippen molar-refractivity contribution >= 4 is 33.4 Å². The van der Waals surface area contributed by atoms with Crippen molar-refractivity contribution in [3.05, 3.63) is 0 Å². The molecule has 166 valence electrons. The van der Waals surface area contributed by atoms with Gasteiger partial charge in [-0.25, -0.2) is 4.79 Å². The second-order valence-corrected chi connectivity index (χ2v) is 10.1. The number of Topliss-reactive ketones (excluding diaryl/α,β-unsaturated/α-hetero) is 1. The number of unbranched alkanes of at least 4 members (excludes halogenated alkanes) is 10. The molecule has 0 aromatic heterocycles. The van der Waals surface area contributed by atoms with E-state index in [1.807, 2.05) is 6.92 Å². The van der Waals surface area contributed by atoms with Crippen LogP contribution in [0.1, 0.15) is 104 Å². The third-order valence-corrected chi connectivity index (χ3v) is 7.13. The highest BCUT2D eigenvalue weighted by Crippen LogP contribution is 2.22. The second-order valence-electron chi connectivity index (χ2n) is 7.36. The average molecular weight is 433 g/mol. The summed E-state index contributed by atoms with van der Waals surface area (Å²) in [5.74, 6) is 2.34. The van der Waals surface area contributed by atoms with Gasteiger partial charge < -0.3 is 10.6 Å². The van der Waals surface area contributed by atoms with Crippen molar-refractivity contribution < 1.29 is 9.59 Å². The Morgan fingerprint density at radius 3 is 1.79 bits per heavy atom. The van der Waals surface area contributed by atoms with Gasteiger partial charge in [-0.2, -0.15) is 0 Å². The zero-order chi connectivity index (χ0) is 20.7. The molecule has 0 radical (unpaired) electrons. The molecule has 0 unspecified atom stereocenters. The van der Waals surface area contributed by atoms with Crippen LogP contribution in [-0.4, -0.2) is 36.4 Å². The van der Waals surface area contributed by atoms with Crippen molar-refractivity contribution in [2.24, 2.45) is 0 Å². The van der Waals surface area contributed by atoms with Gasteiger partial charge in [0.25, 0.3) is 0 Å². The van der Waals surface area contributed by atoms with Gasteiger partial charge in [-0.3, -0.25) is 4.79 Å². The fraction of sp³-hybridized carbons (Fsp3) is 0.909. The van der Waals surface area contributed by atoms with Gasteiger partial charge in [-0.1, -0.05) is 92.7 Å². The Morgan fingerprint density at radius 1 is 0.643 bits per heavy atom. The number of carbonyl (C=O) groups is 2. The van der Waals surface area contributed by atoms with Gasteiger partial charge in [-0.05, 0) is 19.8 Å².